The zero-order chi connectivity index (χ0) is 24.1. The lowest BCUT2D eigenvalue weighted by atomic mass is 9.93. The van der Waals surface area contributed by atoms with Crippen LogP contribution in [0.1, 0.15) is 50.5 Å². The third kappa shape index (κ3) is 6.27. The number of amides is 1. The standard InChI is InChI=1S/C28H36Cl2N2O2/c1-31(2)14-6-16-34-24-11-9-20(10-12-24)22-18-26(29)25(27(30)19-22)17-21-13-15-32(28(21)33)23-7-4-3-5-8-23/h9-12,18-19,21,23H,3-8,13-17H2,1-2H3. The normalized spacial score (nSPS) is 19.3. The minimum Gasteiger partial charge on any atom is -0.494 e. The summed E-state index contributed by atoms with van der Waals surface area (Å²) in [6.07, 6.45) is 8.56. The van der Waals surface area contributed by atoms with Crippen molar-refractivity contribution in [2.24, 2.45) is 5.92 Å². The number of rotatable bonds is 9. The highest BCUT2D eigenvalue weighted by Gasteiger charge is 2.36. The molecule has 1 aliphatic heterocycles. The molecule has 1 saturated heterocycles. The molecule has 0 spiro atoms. The van der Waals surface area contributed by atoms with Crippen molar-refractivity contribution >= 4 is 29.1 Å². The monoisotopic (exact) mass is 502 g/mol. The molecule has 6 heteroatoms. The number of carbonyl (C=O) groups excluding carboxylic acids is 1. The summed E-state index contributed by atoms with van der Waals surface area (Å²) >= 11 is 13.4. The highest BCUT2D eigenvalue weighted by molar-refractivity contribution is 6.36. The van der Waals surface area contributed by atoms with Gasteiger partial charge in [-0.15, -0.1) is 0 Å². The van der Waals surface area contributed by atoms with Gasteiger partial charge in [-0.1, -0.05) is 54.6 Å². The molecule has 0 aromatic heterocycles. The van der Waals surface area contributed by atoms with E-state index in [9.17, 15) is 4.79 Å². The van der Waals surface area contributed by atoms with Crippen molar-refractivity contribution in [3.8, 4) is 16.9 Å². The van der Waals surface area contributed by atoms with Gasteiger partial charge in [0.1, 0.15) is 5.75 Å². The Balaban J connectivity index is 1.39. The first kappa shape index (κ1) is 25.3. The van der Waals surface area contributed by atoms with Crippen LogP contribution >= 0.6 is 23.2 Å². The molecule has 1 amide bonds. The van der Waals surface area contributed by atoms with Crippen molar-refractivity contribution in [2.75, 3.05) is 33.8 Å². The van der Waals surface area contributed by atoms with Gasteiger partial charge < -0.3 is 14.5 Å². The molecule has 1 heterocycles. The fourth-order valence-electron chi connectivity index (χ4n) is 5.23. The van der Waals surface area contributed by atoms with Crippen molar-refractivity contribution in [3.63, 3.8) is 0 Å². The van der Waals surface area contributed by atoms with Crippen molar-refractivity contribution in [1.82, 2.24) is 9.80 Å². The Bertz CT molecular complexity index is 948. The van der Waals surface area contributed by atoms with Crippen LogP contribution in [-0.2, 0) is 11.2 Å². The Morgan fingerprint density at radius 1 is 0.971 bits per heavy atom. The number of nitrogens with zero attached hydrogens (tertiary/aromatic N) is 2. The van der Waals surface area contributed by atoms with Gasteiger partial charge in [0.15, 0.2) is 0 Å². The Morgan fingerprint density at radius 2 is 1.65 bits per heavy atom. The summed E-state index contributed by atoms with van der Waals surface area (Å²) in [6.45, 7) is 2.57. The first-order valence-electron chi connectivity index (χ1n) is 12.6. The lowest BCUT2D eigenvalue weighted by Gasteiger charge is -2.31. The average molecular weight is 504 g/mol. The molecule has 4 rings (SSSR count). The summed E-state index contributed by atoms with van der Waals surface area (Å²) in [6, 6.07) is 12.4. The molecule has 0 bridgehead atoms. The highest BCUT2D eigenvalue weighted by atomic mass is 35.5. The predicted molar refractivity (Wildman–Crippen MR) is 141 cm³/mol. The smallest absolute Gasteiger partial charge is 0.226 e. The predicted octanol–water partition coefficient (Wildman–Crippen LogP) is 6.71. The highest BCUT2D eigenvalue weighted by Crippen LogP contribution is 2.37. The van der Waals surface area contributed by atoms with E-state index in [1.165, 1.54) is 19.3 Å². The van der Waals surface area contributed by atoms with Crippen LogP contribution in [-0.4, -0.2) is 55.5 Å². The topological polar surface area (TPSA) is 32.8 Å². The molecule has 0 N–H and O–H groups in total. The molecule has 1 unspecified atom stereocenters. The summed E-state index contributed by atoms with van der Waals surface area (Å²) in [5.74, 6) is 1.12. The molecule has 1 saturated carbocycles. The first-order chi connectivity index (χ1) is 16.4. The summed E-state index contributed by atoms with van der Waals surface area (Å²) in [4.78, 5) is 17.4. The zero-order valence-electron chi connectivity index (χ0n) is 20.4. The van der Waals surface area contributed by atoms with Crippen LogP contribution in [0.3, 0.4) is 0 Å². The molecule has 0 radical (unpaired) electrons. The number of likely N-dealkylation sites (tertiary alicyclic amines) is 1. The van der Waals surface area contributed by atoms with Crippen molar-refractivity contribution in [1.29, 1.82) is 0 Å². The van der Waals surface area contributed by atoms with Gasteiger partial charge in [0.05, 0.1) is 6.61 Å². The number of carbonyl (C=O) groups is 1. The van der Waals surface area contributed by atoms with Gasteiger partial charge in [-0.25, -0.2) is 0 Å². The van der Waals surface area contributed by atoms with Gasteiger partial charge in [0.25, 0.3) is 0 Å². The lowest BCUT2D eigenvalue weighted by molar-refractivity contribution is -0.133. The van der Waals surface area contributed by atoms with Crippen molar-refractivity contribution in [3.05, 3.63) is 52.0 Å². The average Bonchev–Trinajstić information content (AvgIpc) is 3.20. The molecule has 184 valence electrons. The Morgan fingerprint density at radius 3 is 2.29 bits per heavy atom. The molecular weight excluding hydrogens is 467 g/mol. The van der Waals surface area contributed by atoms with Crippen molar-refractivity contribution in [2.45, 2.75) is 57.4 Å². The molecule has 34 heavy (non-hydrogen) atoms. The quantitative estimate of drug-likeness (QED) is 0.357. The van der Waals surface area contributed by atoms with E-state index in [-0.39, 0.29) is 11.8 Å². The SMILES string of the molecule is CN(C)CCCOc1ccc(-c2cc(Cl)c(CC3CCN(C4CCCCC4)C3=O)c(Cl)c2)cc1. The number of hydrogen-bond donors (Lipinski definition) is 0. The van der Waals surface area contributed by atoms with Crippen LogP contribution in [0.25, 0.3) is 11.1 Å². The third-order valence-corrected chi connectivity index (χ3v) is 7.84. The van der Waals surface area contributed by atoms with E-state index in [0.717, 1.165) is 61.2 Å². The minimum absolute atomic E-state index is 0.0216. The van der Waals surface area contributed by atoms with Crippen LogP contribution in [0.4, 0.5) is 0 Å². The maximum absolute atomic E-state index is 13.1. The van der Waals surface area contributed by atoms with Crippen LogP contribution in [0.2, 0.25) is 10.0 Å². The van der Waals surface area contributed by atoms with E-state index in [1.54, 1.807) is 0 Å². The molecule has 2 aromatic carbocycles. The van der Waals surface area contributed by atoms with Gasteiger partial charge >= 0.3 is 0 Å². The van der Waals surface area contributed by atoms with Crippen LogP contribution in [0.5, 0.6) is 5.75 Å². The molecular formula is C28H36Cl2N2O2. The number of benzene rings is 2. The third-order valence-electron chi connectivity index (χ3n) is 7.16. The minimum atomic E-state index is -0.0216. The van der Waals surface area contributed by atoms with Crippen LogP contribution in [0.15, 0.2) is 36.4 Å². The van der Waals surface area contributed by atoms with E-state index in [1.807, 2.05) is 36.4 Å². The van der Waals surface area contributed by atoms with Crippen molar-refractivity contribution < 1.29 is 9.53 Å². The van der Waals surface area contributed by atoms with E-state index >= 15 is 0 Å². The van der Waals surface area contributed by atoms with E-state index in [2.05, 4.69) is 23.9 Å². The summed E-state index contributed by atoms with van der Waals surface area (Å²) in [5.41, 5.74) is 2.90. The molecule has 1 aliphatic carbocycles. The maximum atomic E-state index is 13.1. The van der Waals surface area contributed by atoms with Gasteiger partial charge in [-0.05, 0) is 87.2 Å². The summed E-state index contributed by atoms with van der Waals surface area (Å²) < 4.78 is 5.84. The van der Waals surface area contributed by atoms with Gasteiger partial charge in [0, 0.05) is 35.1 Å². The largest absolute Gasteiger partial charge is 0.494 e. The second-order valence-corrected chi connectivity index (χ2v) is 10.8. The molecule has 2 fully saturated rings. The van der Waals surface area contributed by atoms with Gasteiger partial charge in [-0.3, -0.25) is 4.79 Å². The van der Waals surface area contributed by atoms with Crippen LogP contribution in [0, 0.1) is 5.92 Å². The fourth-order valence-corrected chi connectivity index (χ4v) is 5.87. The molecule has 4 nitrogen and oxygen atoms in total. The second kappa shape index (κ2) is 11.8. The number of ether oxygens (including phenoxy) is 1. The van der Waals surface area contributed by atoms with E-state index in [4.69, 9.17) is 27.9 Å². The summed E-state index contributed by atoms with van der Waals surface area (Å²) in [7, 11) is 4.13. The molecule has 2 aliphatic rings. The number of halogens is 2. The second-order valence-electron chi connectivity index (χ2n) is 9.96. The Hall–Kier alpha value is -1.75. The molecule has 2 aromatic rings. The maximum Gasteiger partial charge on any atom is 0.226 e. The van der Waals surface area contributed by atoms with Gasteiger partial charge in [0.2, 0.25) is 5.91 Å². The van der Waals surface area contributed by atoms with E-state index < -0.39 is 0 Å². The fraction of sp³-hybridized carbons (Fsp3) is 0.536. The summed E-state index contributed by atoms with van der Waals surface area (Å²) in [5, 5.41) is 1.27. The molecule has 1 atom stereocenters. The van der Waals surface area contributed by atoms with Crippen LogP contribution < -0.4 is 4.74 Å². The lowest BCUT2D eigenvalue weighted by Crippen LogP contribution is -2.39. The van der Waals surface area contributed by atoms with Gasteiger partial charge in [-0.2, -0.15) is 0 Å². The Labute approximate surface area is 214 Å². The number of hydrogen-bond acceptors (Lipinski definition) is 3. The Kier molecular flexibility index (Phi) is 8.79. The first-order valence-corrected chi connectivity index (χ1v) is 13.3. The zero-order valence-corrected chi connectivity index (χ0v) is 21.9. The van der Waals surface area contributed by atoms with E-state index in [0.29, 0.717) is 29.1 Å².